The molecule has 7 nitrogen and oxygen atoms in total. The average molecular weight is 439 g/mol. The number of benzene rings is 3. The van der Waals surface area contributed by atoms with E-state index in [0.29, 0.717) is 23.8 Å². The number of hydrogen-bond donors (Lipinski definition) is 1. The third-order valence-corrected chi connectivity index (χ3v) is 5.38. The monoisotopic (exact) mass is 438 g/mol. The molecule has 1 N–H and O–H groups in total. The number of nitro benzene ring substituents is 1. The lowest BCUT2D eigenvalue weighted by molar-refractivity contribution is -0.384. The molecule has 31 heavy (non-hydrogen) atoms. The number of ether oxygens (including phenoxy) is 2. The molecule has 0 radical (unpaired) electrons. The molecule has 160 valence electrons. The molecule has 0 saturated carbocycles. The second-order valence-electron chi connectivity index (χ2n) is 6.58. The quantitative estimate of drug-likeness (QED) is 0.257. The van der Waals surface area contributed by atoms with Gasteiger partial charge in [-0.25, -0.2) is 0 Å². The molecule has 0 heterocycles. The van der Waals surface area contributed by atoms with Crippen molar-refractivity contribution in [3.8, 4) is 17.2 Å². The molecule has 0 aliphatic rings. The molecule has 0 aliphatic heterocycles. The van der Waals surface area contributed by atoms with E-state index < -0.39 is 4.92 Å². The van der Waals surface area contributed by atoms with Gasteiger partial charge >= 0.3 is 0 Å². The van der Waals surface area contributed by atoms with Crippen LogP contribution in [0.5, 0.6) is 17.2 Å². The zero-order valence-corrected chi connectivity index (χ0v) is 18.0. The first-order valence-corrected chi connectivity index (χ1v) is 10.6. The highest BCUT2D eigenvalue weighted by molar-refractivity contribution is 8.00. The predicted octanol–water partition coefficient (Wildman–Crippen LogP) is 5.83. The Labute approximate surface area is 184 Å². The molecule has 0 spiro atoms. The summed E-state index contributed by atoms with van der Waals surface area (Å²) in [5, 5.41) is 14.0. The van der Waals surface area contributed by atoms with Crippen molar-refractivity contribution in [1.82, 2.24) is 0 Å². The van der Waals surface area contributed by atoms with Gasteiger partial charge in [0.25, 0.3) is 5.69 Å². The van der Waals surface area contributed by atoms with Crippen LogP contribution < -0.4 is 14.8 Å². The lowest BCUT2D eigenvalue weighted by Crippen LogP contribution is -2.14. The number of rotatable bonds is 9. The van der Waals surface area contributed by atoms with E-state index in [1.807, 2.05) is 38.1 Å². The molecule has 3 aromatic carbocycles. The fourth-order valence-electron chi connectivity index (χ4n) is 2.79. The topological polar surface area (TPSA) is 90.7 Å². The highest BCUT2D eigenvalue weighted by Gasteiger charge is 2.14. The highest BCUT2D eigenvalue weighted by Crippen LogP contribution is 2.31. The van der Waals surface area contributed by atoms with Crippen LogP contribution in [0.3, 0.4) is 0 Å². The Morgan fingerprint density at radius 2 is 1.74 bits per heavy atom. The second-order valence-corrected chi connectivity index (χ2v) is 7.60. The number of nitrogens with zero attached hydrogens (tertiary/aromatic N) is 1. The maximum absolute atomic E-state index is 12.4. The van der Waals surface area contributed by atoms with Gasteiger partial charge in [-0.2, -0.15) is 0 Å². The third-order valence-electron chi connectivity index (χ3n) is 4.21. The lowest BCUT2D eigenvalue weighted by atomic mass is 10.2. The summed E-state index contributed by atoms with van der Waals surface area (Å²) in [5.41, 5.74) is 1.21. The molecule has 0 fully saturated rings. The molecular formula is C23H22N2O5S. The summed E-state index contributed by atoms with van der Waals surface area (Å²) in [7, 11) is 0. The number of aryl methyl sites for hydroxylation is 1. The molecule has 8 heteroatoms. The molecule has 0 aromatic heterocycles. The summed E-state index contributed by atoms with van der Waals surface area (Å²) in [6.07, 6.45) is 0. The van der Waals surface area contributed by atoms with E-state index in [0.717, 1.165) is 10.5 Å². The second kappa shape index (κ2) is 10.5. The normalized spacial score (nSPS) is 10.4. The number of nitrogens with one attached hydrogen (secondary N) is 1. The maximum atomic E-state index is 12.4. The van der Waals surface area contributed by atoms with E-state index >= 15 is 0 Å². The van der Waals surface area contributed by atoms with Crippen LogP contribution in [0.4, 0.5) is 11.4 Å². The van der Waals surface area contributed by atoms with Gasteiger partial charge in [0.05, 0.1) is 29.0 Å². The van der Waals surface area contributed by atoms with Crippen molar-refractivity contribution >= 4 is 29.0 Å². The van der Waals surface area contributed by atoms with Gasteiger partial charge in [-0.3, -0.25) is 14.9 Å². The standard InChI is InChI=1S/C23H22N2O5S/c1-3-29-19-8-10-20(11-9-19)30-21-13-17(12-18(14-21)25(27)28)24-23(26)15-31-22-7-5-4-6-16(22)2/h4-14H,3,15H2,1-2H3,(H,24,26). The van der Waals surface area contributed by atoms with Crippen molar-refractivity contribution in [2.75, 3.05) is 17.7 Å². The minimum atomic E-state index is -0.525. The van der Waals surface area contributed by atoms with E-state index in [2.05, 4.69) is 5.32 Å². The minimum Gasteiger partial charge on any atom is -0.494 e. The van der Waals surface area contributed by atoms with Crippen LogP contribution in [0.25, 0.3) is 0 Å². The Balaban J connectivity index is 1.71. The van der Waals surface area contributed by atoms with Crippen LogP contribution >= 0.6 is 11.8 Å². The first-order chi connectivity index (χ1) is 14.9. The van der Waals surface area contributed by atoms with E-state index in [-0.39, 0.29) is 23.1 Å². The molecular weight excluding hydrogens is 416 g/mol. The number of thioether (sulfide) groups is 1. The Morgan fingerprint density at radius 3 is 2.42 bits per heavy atom. The van der Waals surface area contributed by atoms with Crippen LogP contribution in [-0.4, -0.2) is 23.2 Å². The van der Waals surface area contributed by atoms with Gasteiger partial charge in [-0.05, 0) is 49.7 Å². The Bertz CT molecular complexity index is 1070. The summed E-state index contributed by atoms with van der Waals surface area (Å²) in [5.74, 6) is 1.37. The van der Waals surface area contributed by atoms with Crippen LogP contribution in [0, 0.1) is 17.0 Å². The Kier molecular flexibility index (Phi) is 7.50. The number of amides is 1. The van der Waals surface area contributed by atoms with E-state index in [1.54, 1.807) is 30.3 Å². The van der Waals surface area contributed by atoms with Crippen molar-refractivity contribution < 1.29 is 19.2 Å². The summed E-state index contributed by atoms with van der Waals surface area (Å²) in [6, 6.07) is 18.9. The first kappa shape index (κ1) is 22.2. The summed E-state index contributed by atoms with van der Waals surface area (Å²) in [4.78, 5) is 24.2. The average Bonchev–Trinajstić information content (AvgIpc) is 2.74. The van der Waals surface area contributed by atoms with Gasteiger partial charge in [0.2, 0.25) is 5.91 Å². The van der Waals surface area contributed by atoms with E-state index in [4.69, 9.17) is 9.47 Å². The highest BCUT2D eigenvalue weighted by atomic mass is 32.2. The molecule has 3 aromatic rings. The van der Waals surface area contributed by atoms with Gasteiger partial charge in [0.15, 0.2) is 0 Å². The van der Waals surface area contributed by atoms with Gasteiger partial charge in [0, 0.05) is 17.0 Å². The van der Waals surface area contributed by atoms with Crippen molar-refractivity contribution in [2.24, 2.45) is 0 Å². The molecule has 1 amide bonds. The Hall–Kier alpha value is -3.52. The van der Waals surface area contributed by atoms with Crippen LogP contribution in [0.15, 0.2) is 71.6 Å². The summed E-state index contributed by atoms with van der Waals surface area (Å²) >= 11 is 1.41. The molecule has 0 unspecified atom stereocenters. The summed E-state index contributed by atoms with van der Waals surface area (Å²) in [6.45, 7) is 4.42. The first-order valence-electron chi connectivity index (χ1n) is 9.63. The zero-order chi connectivity index (χ0) is 22.2. The smallest absolute Gasteiger partial charge is 0.275 e. The van der Waals surface area contributed by atoms with Crippen LogP contribution in [0.2, 0.25) is 0 Å². The molecule has 0 saturated heterocycles. The van der Waals surface area contributed by atoms with Gasteiger partial charge in [-0.1, -0.05) is 18.2 Å². The van der Waals surface area contributed by atoms with Crippen LogP contribution in [0.1, 0.15) is 12.5 Å². The number of hydrogen-bond acceptors (Lipinski definition) is 6. The molecule has 0 aliphatic carbocycles. The number of non-ortho nitro benzene ring substituents is 1. The number of nitro groups is 1. The van der Waals surface area contributed by atoms with Gasteiger partial charge in [0.1, 0.15) is 17.2 Å². The maximum Gasteiger partial charge on any atom is 0.275 e. The van der Waals surface area contributed by atoms with Crippen molar-refractivity contribution in [1.29, 1.82) is 0 Å². The number of carbonyl (C=O) groups excluding carboxylic acids is 1. The van der Waals surface area contributed by atoms with Crippen molar-refractivity contribution in [3.05, 3.63) is 82.4 Å². The largest absolute Gasteiger partial charge is 0.494 e. The molecule has 0 bridgehead atoms. The minimum absolute atomic E-state index is 0.176. The SMILES string of the molecule is CCOc1ccc(Oc2cc(NC(=O)CSc3ccccc3C)cc([N+](=O)[O-])c2)cc1. The summed E-state index contributed by atoms with van der Waals surface area (Å²) < 4.78 is 11.1. The van der Waals surface area contributed by atoms with Gasteiger partial charge in [-0.15, -0.1) is 11.8 Å². The fraction of sp³-hybridized carbons (Fsp3) is 0.174. The zero-order valence-electron chi connectivity index (χ0n) is 17.2. The third kappa shape index (κ3) is 6.48. The lowest BCUT2D eigenvalue weighted by Gasteiger charge is -2.10. The van der Waals surface area contributed by atoms with Gasteiger partial charge < -0.3 is 14.8 Å². The molecule has 0 atom stereocenters. The number of carbonyl (C=O) groups is 1. The van der Waals surface area contributed by atoms with Crippen LogP contribution in [-0.2, 0) is 4.79 Å². The Morgan fingerprint density at radius 1 is 1.03 bits per heavy atom. The van der Waals surface area contributed by atoms with E-state index in [1.165, 1.54) is 23.9 Å². The fourth-order valence-corrected chi connectivity index (χ4v) is 3.61. The van der Waals surface area contributed by atoms with E-state index in [9.17, 15) is 14.9 Å². The number of anilines is 1. The predicted molar refractivity (Wildman–Crippen MR) is 121 cm³/mol. The van der Waals surface area contributed by atoms with Crippen molar-refractivity contribution in [2.45, 2.75) is 18.7 Å². The van der Waals surface area contributed by atoms with Crippen molar-refractivity contribution in [3.63, 3.8) is 0 Å². The molecule has 3 rings (SSSR count).